The Morgan fingerprint density at radius 3 is 2.04 bits per heavy atom. The summed E-state index contributed by atoms with van der Waals surface area (Å²) < 4.78 is 0. The summed E-state index contributed by atoms with van der Waals surface area (Å²) in [5, 5.41) is 0. The molecular formula is C22H36O2. The van der Waals surface area contributed by atoms with Crippen LogP contribution in [-0.4, -0.2) is 11.6 Å². The summed E-state index contributed by atoms with van der Waals surface area (Å²) in [5.74, 6) is 0.0882. The number of hydrogen-bond donors (Lipinski definition) is 0. The summed E-state index contributed by atoms with van der Waals surface area (Å²) in [6, 6.07) is 0. The third-order valence-electron chi connectivity index (χ3n) is 5.53. The fraction of sp³-hybridized carbons (Fsp3) is 0.727. The van der Waals surface area contributed by atoms with Crippen LogP contribution in [0.3, 0.4) is 0 Å². The normalized spacial score (nSPS) is 26.2. The molecule has 0 amide bonds. The van der Waals surface area contributed by atoms with Gasteiger partial charge in [0.1, 0.15) is 11.6 Å². The SMILES string of the molecule is CC(C)=CC[C@@H]1C[C@@H](CC=C(C)C)C(C)(C)[C@@H](C(=O)C(C)C)C1=O. The Hall–Kier alpha value is -1.18. The highest BCUT2D eigenvalue weighted by Gasteiger charge is 2.51. The first-order valence-corrected chi connectivity index (χ1v) is 9.32. The van der Waals surface area contributed by atoms with E-state index in [-0.39, 0.29) is 28.8 Å². The third-order valence-corrected chi connectivity index (χ3v) is 5.53. The molecule has 0 aromatic heterocycles. The number of rotatable bonds is 6. The average molecular weight is 333 g/mol. The first-order chi connectivity index (χ1) is 11.0. The van der Waals surface area contributed by atoms with Gasteiger partial charge in [-0.25, -0.2) is 0 Å². The third kappa shape index (κ3) is 4.91. The van der Waals surface area contributed by atoms with Crippen molar-refractivity contribution < 1.29 is 9.59 Å². The Balaban J connectivity index is 3.21. The molecule has 0 N–H and O–H groups in total. The Kier molecular flexibility index (Phi) is 7.19. The van der Waals surface area contributed by atoms with Gasteiger partial charge in [0, 0.05) is 11.8 Å². The van der Waals surface area contributed by atoms with E-state index >= 15 is 0 Å². The molecule has 24 heavy (non-hydrogen) atoms. The molecule has 1 saturated carbocycles. The van der Waals surface area contributed by atoms with Crippen LogP contribution in [0.5, 0.6) is 0 Å². The molecule has 1 aliphatic carbocycles. The van der Waals surface area contributed by atoms with Gasteiger partial charge < -0.3 is 0 Å². The van der Waals surface area contributed by atoms with Gasteiger partial charge in [-0.15, -0.1) is 0 Å². The van der Waals surface area contributed by atoms with Crippen LogP contribution in [0.2, 0.25) is 0 Å². The molecule has 0 saturated heterocycles. The van der Waals surface area contributed by atoms with Gasteiger partial charge in [0.15, 0.2) is 0 Å². The van der Waals surface area contributed by atoms with E-state index in [4.69, 9.17) is 0 Å². The van der Waals surface area contributed by atoms with Crippen LogP contribution < -0.4 is 0 Å². The minimum atomic E-state index is -0.461. The monoisotopic (exact) mass is 332 g/mol. The van der Waals surface area contributed by atoms with Crippen molar-refractivity contribution in [2.45, 2.75) is 74.7 Å². The summed E-state index contributed by atoms with van der Waals surface area (Å²) in [6.45, 7) is 16.4. The maximum atomic E-state index is 13.1. The quantitative estimate of drug-likeness (QED) is 0.457. The van der Waals surface area contributed by atoms with Gasteiger partial charge in [-0.05, 0) is 58.3 Å². The molecule has 1 fully saturated rings. The molecule has 2 nitrogen and oxygen atoms in total. The summed E-state index contributed by atoms with van der Waals surface area (Å²) >= 11 is 0. The smallest absolute Gasteiger partial charge is 0.147 e. The first kappa shape index (κ1) is 20.9. The van der Waals surface area contributed by atoms with Crippen molar-refractivity contribution in [3.05, 3.63) is 23.3 Å². The van der Waals surface area contributed by atoms with E-state index in [1.165, 1.54) is 11.1 Å². The van der Waals surface area contributed by atoms with E-state index in [9.17, 15) is 9.59 Å². The second-order valence-corrected chi connectivity index (χ2v) is 8.88. The minimum Gasteiger partial charge on any atom is -0.299 e. The van der Waals surface area contributed by atoms with E-state index < -0.39 is 5.92 Å². The predicted molar refractivity (Wildman–Crippen MR) is 102 cm³/mol. The maximum absolute atomic E-state index is 13.1. The van der Waals surface area contributed by atoms with Crippen molar-refractivity contribution in [3.63, 3.8) is 0 Å². The fourth-order valence-corrected chi connectivity index (χ4v) is 3.81. The molecule has 0 unspecified atom stereocenters. The molecule has 0 aromatic rings. The van der Waals surface area contributed by atoms with Crippen molar-refractivity contribution in [1.29, 1.82) is 0 Å². The number of Topliss-reactive ketones (excluding diaryl/α,β-unsaturated/α-hetero) is 2. The van der Waals surface area contributed by atoms with Crippen molar-refractivity contribution in [1.82, 2.24) is 0 Å². The molecule has 0 bridgehead atoms. The number of carbonyl (C=O) groups excluding carboxylic acids is 2. The Bertz CT molecular complexity index is 526. The van der Waals surface area contributed by atoms with Crippen LogP contribution in [0.15, 0.2) is 23.3 Å². The lowest BCUT2D eigenvalue weighted by Gasteiger charge is -2.46. The van der Waals surface area contributed by atoms with Crippen molar-refractivity contribution in [3.8, 4) is 0 Å². The van der Waals surface area contributed by atoms with Crippen LogP contribution in [0.4, 0.5) is 0 Å². The van der Waals surface area contributed by atoms with E-state index in [0.29, 0.717) is 5.92 Å². The molecule has 0 aliphatic heterocycles. The highest BCUT2D eigenvalue weighted by molar-refractivity contribution is 6.05. The standard InChI is InChI=1S/C22H36O2/c1-14(2)9-11-17-13-18(12-10-15(3)4)22(7,8)19(21(17)24)20(23)16(5)6/h9-10,16-19H,11-13H2,1-8H3/t17-,18-,19+/m1/s1. The second-order valence-electron chi connectivity index (χ2n) is 8.88. The van der Waals surface area contributed by atoms with Crippen LogP contribution in [-0.2, 0) is 9.59 Å². The molecule has 136 valence electrons. The van der Waals surface area contributed by atoms with E-state index in [2.05, 4.69) is 53.7 Å². The van der Waals surface area contributed by atoms with Crippen molar-refractivity contribution >= 4 is 11.6 Å². The molecule has 1 aliphatic rings. The minimum absolute atomic E-state index is 0.0174. The Morgan fingerprint density at radius 1 is 1.08 bits per heavy atom. The number of hydrogen-bond acceptors (Lipinski definition) is 2. The zero-order valence-corrected chi connectivity index (χ0v) is 16.9. The molecule has 0 spiro atoms. The zero-order valence-electron chi connectivity index (χ0n) is 16.9. The second kappa shape index (κ2) is 8.27. The van der Waals surface area contributed by atoms with E-state index in [1.807, 2.05) is 13.8 Å². The lowest BCUT2D eigenvalue weighted by atomic mass is 9.55. The molecule has 2 heteroatoms. The van der Waals surface area contributed by atoms with Gasteiger partial charge in [0.05, 0.1) is 5.92 Å². The van der Waals surface area contributed by atoms with Crippen LogP contribution in [0.25, 0.3) is 0 Å². The van der Waals surface area contributed by atoms with Crippen molar-refractivity contribution in [2.24, 2.45) is 29.1 Å². The predicted octanol–water partition coefficient (Wildman–Crippen LogP) is 5.77. The highest BCUT2D eigenvalue weighted by atomic mass is 16.2. The van der Waals surface area contributed by atoms with E-state index in [0.717, 1.165) is 19.3 Å². The molecule has 0 radical (unpaired) electrons. The molecule has 1 rings (SSSR count). The fourth-order valence-electron chi connectivity index (χ4n) is 3.81. The average Bonchev–Trinajstić information content (AvgIpc) is 2.44. The van der Waals surface area contributed by atoms with Gasteiger partial charge in [0.2, 0.25) is 0 Å². The van der Waals surface area contributed by atoms with Crippen molar-refractivity contribution in [2.75, 3.05) is 0 Å². The van der Waals surface area contributed by atoms with Gasteiger partial charge in [-0.3, -0.25) is 9.59 Å². The van der Waals surface area contributed by atoms with Gasteiger partial charge in [-0.1, -0.05) is 51.0 Å². The Labute approximate surface area is 148 Å². The zero-order chi connectivity index (χ0) is 18.7. The summed E-state index contributed by atoms with van der Waals surface area (Å²) in [6.07, 6.45) is 7.02. The van der Waals surface area contributed by atoms with Crippen LogP contribution in [0, 0.1) is 29.1 Å². The lowest BCUT2D eigenvalue weighted by Crippen LogP contribution is -2.50. The van der Waals surface area contributed by atoms with Crippen LogP contribution in [0.1, 0.15) is 74.7 Å². The molecule has 0 heterocycles. The lowest BCUT2D eigenvalue weighted by molar-refractivity contribution is -0.149. The topological polar surface area (TPSA) is 34.1 Å². The molecular weight excluding hydrogens is 296 g/mol. The highest BCUT2D eigenvalue weighted by Crippen LogP contribution is 2.49. The van der Waals surface area contributed by atoms with Gasteiger partial charge >= 0.3 is 0 Å². The summed E-state index contributed by atoms with van der Waals surface area (Å²) in [5.41, 5.74) is 2.27. The summed E-state index contributed by atoms with van der Waals surface area (Å²) in [7, 11) is 0. The molecule has 0 aromatic carbocycles. The molecule has 3 atom stereocenters. The number of ketones is 2. The largest absolute Gasteiger partial charge is 0.299 e. The maximum Gasteiger partial charge on any atom is 0.147 e. The first-order valence-electron chi connectivity index (χ1n) is 9.32. The summed E-state index contributed by atoms with van der Waals surface area (Å²) in [4.78, 5) is 26.0. The number of allylic oxidation sites excluding steroid dienone is 4. The Morgan fingerprint density at radius 2 is 1.58 bits per heavy atom. The van der Waals surface area contributed by atoms with Gasteiger partial charge in [-0.2, -0.15) is 0 Å². The van der Waals surface area contributed by atoms with Crippen LogP contribution >= 0.6 is 0 Å². The number of carbonyl (C=O) groups is 2. The van der Waals surface area contributed by atoms with Gasteiger partial charge in [0.25, 0.3) is 0 Å². The van der Waals surface area contributed by atoms with E-state index in [1.54, 1.807) is 0 Å².